The zero-order valence-corrected chi connectivity index (χ0v) is 13.7. The van der Waals surface area contributed by atoms with Gasteiger partial charge in [0.25, 0.3) is 0 Å². The summed E-state index contributed by atoms with van der Waals surface area (Å²) in [6.07, 6.45) is 0.235. The second kappa shape index (κ2) is 6.76. The van der Waals surface area contributed by atoms with Crippen molar-refractivity contribution in [1.29, 1.82) is 0 Å². The van der Waals surface area contributed by atoms with E-state index in [0.29, 0.717) is 32.1 Å². The number of H-pyrrole nitrogens is 1. The summed E-state index contributed by atoms with van der Waals surface area (Å²) in [5.74, 6) is 0.173. The Morgan fingerprint density at radius 3 is 2.90 bits per heavy atom. The van der Waals surface area contributed by atoms with Gasteiger partial charge >= 0.3 is 0 Å². The maximum Gasteiger partial charge on any atom is 0.144 e. The van der Waals surface area contributed by atoms with E-state index in [1.807, 2.05) is 0 Å². The first kappa shape index (κ1) is 15.6. The number of ether oxygens (including phenoxy) is 1. The van der Waals surface area contributed by atoms with Gasteiger partial charge in [0.1, 0.15) is 16.3 Å². The molecule has 0 atom stereocenters. The molecular weight excluding hydrogens is 367 g/mol. The lowest BCUT2D eigenvalue weighted by Gasteiger charge is -2.09. The summed E-state index contributed by atoms with van der Waals surface area (Å²) in [4.78, 5) is 7.31. The van der Waals surface area contributed by atoms with E-state index in [-0.39, 0.29) is 12.2 Å². The van der Waals surface area contributed by atoms with E-state index in [2.05, 4.69) is 25.9 Å². The molecule has 1 aromatic heterocycles. The number of methoxy groups -OCH3 is 1. The Bertz CT molecular complexity index is 672. The molecule has 0 bridgehead atoms. The number of halogens is 3. The van der Waals surface area contributed by atoms with Crippen LogP contribution in [0.15, 0.2) is 22.7 Å². The lowest BCUT2D eigenvalue weighted by molar-refractivity contribution is 0.180. The van der Waals surface area contributed by atoms with Crippen LogP contribution < -0.4 is 0 Å². The first-order chi connectivity index (χ1) is 9.52. The Balaban J connectivity index is 2.42. The predicted octanol–water partition coefficient (Wildman–Crippen LogP) is 4.43. The zero-order valence-electron chi connectivity index (χ0n) is 10.5. The van der Waals surface area contributed by atoms with E-state index in [0.717, 1.165) is 5.69 Å². The summed E-state index contributed by atoms with van der Waals surface area (Å²) >= 11 is 14.5. The van der Waals surface area contributed by atoms with Crippen molar-refractivity contribution in [3.05, 3.63) is 55.2 Å². The van der Waals surface area contributed by atoms with Crippen LogP contribution in [-0.4, -0.2) is 17.1 Å². The first-order valence-electron chi connectivity index (χ1n) is 5.72. The molecule has 0 saturated carbocycles. The van der Waals surface area contributed by atoms with Gasteiger partial charge in [-0.25, -0.2) is 9.37 Å². The van der Waals surface area contributed by atoms with Gasteiger partial charge in [0, 0.05) is 24.1 Å². The molecule has 1 N–H and O–H groups in total. The highest BCUT2D eigenvalue weighted by molar-refractivity contribution is 9.10. The van der Waals surface area contributed by atoms with Crippen LogP contribution in [0.5, 0.6) is 0 Å². The third-order valence-electron chi connectivity index (χ3n) is 2.68. The number of aromatic amines is 1. The summed E-state index contributed by atoms with van der Waals surface area (Å²) in [6.45, 7) is 0.352. The number of rotatable bonds is 4. The van der Waals surface area contributed by atoms with Crippen LogP contribution in [0.25, 0.3) is 0 Å². The van der Waals surface area contributed by atoms with Gasteiger partial charge in [0.2, 0.25) is 0 Å². The SMILES string of the molecule is COCc1[nH]c(Cc2c(F)cccc2Cl)nc(=S)c1Br. The Hall–Kier alpha value is -0.820. The van der Waals surface area contributed by atoms with Crippen molar-refractivity contribution in [3.63, 3.8) is 0 Å². The summed E-state index contributed by atoms with van der Waals surface area (Å²) in [6, 6.07) is 4.57. The molecule has 0 saturated heterocycles. The minimum Gasteiger partial charge on any atom is -0.378 e. The van der Waals surface area contributed by atoms with Crippen LogP contribution >= 0.6 is 39.7 Å². The molecule has 3 nitrogen and oxygen atoms in total. The first-order valence-corrected chi connectivity index (χ1v) is 7.30. The van der Waals surface area contributed by atoms with Crippen LogP contribution in [0.4, 0.5) is 4.39 Å². The molecule has 0 fully saturated rings. The highest BCUT2D eigenvalue weighted by atomic mass is 79.9. The molecule has 2 aromatic rings. The molecule has 7 heteroatoms. The van der Waals surface area contributed by atoms with E-state index >= 15 is 0 Å². The van der Waals surface area contributed by atoms with Crippen LogP contribution in [-0.2, 0) is 17.8 Å². The Labute approximate surface area is 134 Å². The fourth-order valence-corrected chi connectivity index (χ4v) is 2.52. The van der Waals surface area contributed by atoms with Crippen molar-refractivity contribution in [2.75, 3.05) is 7.11 Å². The molecule has 0 aliphatic carbocycles. The van der Waals surface area contributed by atoms with Crippen molar-refractivity contribution >= 4 is 39.7 Å². The monoisotopic (exact) mass is 376 g/mol. The predicted molar refractivity (Wildman–Crippen MR) is 82.1 cm³/mol. The molecule has 1 aromatic carbocycles. The average Bonchev–Trinajstić information content (AvgIpc) is 2.40. The van der Waals surface area contributed by atoms with Gasteiger partial charge in [-0.05, 0) is 28.1 Å². The average molecular weight is 378 g/mol. The van der Waals surface area contributed by atoms with Crippen molar-refractivity contribution in [2.45, 2.75) is 13.0 Å². The number of hydrogen-bond donors (Lipinski definition) is 1. The van der Waals surface area contributed by atoms with Crippen molar-refractivity contribution < 1.29 is 9.13 Å². The van der Waals surface area contributed by atoms with Gasteiger partial charge in [-0.1, -0.05) is 29.9 Å². The molecule has 0 spiro atoms. The van der Waals surface area contributed by atoms with Crippen molar-refractivity contribution in [2.24, 2.45) is 0 Å². The van der Waals surface area contributed by atoms with Crippen LogP contribution in [0.2, 0.25) is 5.02 Å². The molecule has 0 amide bonds. The van der Waals surface area contributed by atoms with Gasteiger partial charge in [-0.2, -0.15) is 0 Å². The quantitative estimate of drug-likeness (QED) is 0.801. The molecule has 20 heavy (non-hydrogen) atoms. The van der Waals surface area contributed by atoms with Crippen LogP contribution in [0.3, 0.4) is 0 Å². The van der Waals surface area contributed by atoms with Gasteiger partial charge in [-0.3, -0.25) is 0 Å². The zero-order chi connectivity index (χ0) is 14.7. The lowest BCUT2D eigenvalue weighted by atomic mass is 10.1. The summed E-state index contributed by atoms with van der Waals surface area (Å²) in [5, 5.41) is 0.363. The second-order valence-electron chi connectivity index (χ2n) is 4.09. The largest absolute Gasteiger partial charge is 0.378 e. The maximum atomic E-state index is 13.8. The Kier molecular flexibility index (Phi) is 5.26. The third kappa shape index (κ3) is 3.44. The normalized spacial score (nSPS) is 10.8. The molecule has 106 valence electrons. The van der Waals surface area contributed by atoms with Crippen LogP contribution in [0, 0.1) is 10.5 Å². The van der Waals surface area contributed by atoms with Gasteiger partial charge in [-0.15, -0.1) is 0 Å². The number of nitrogens with zero attached hydrogens (tertiary/aromatic N) is 1. The lowest BCUT2D eigenvalue weighted by Crippen LogP contribution is -2.05. The minimum atomic E-state index is -0.366. The van der Waals surface area contributed by atoms with E-state index in [1.165, 1.54) is 6.07 Å². The Morgan fingerprint density at radius 1 is 1.50 bits per heavy atom. The van der Waals surface area contributed by atoms with Gasteiger partial charge < -0.3 is 9.72 Å². The topological polar surface area (TPSA) is 37.9 Å². The number of hydrogen-bond acceptors (Lipinski definition) is 3. The fourth-order valence-electron chi connectivity index (χ4n) is 1.75. The number of nitrogens with one attached hydrogen (secondary N) is 1. The molecular formula is C13H11BrClFN2OS. The van der Waals surface area contributed by atoms with E-state index in [1.54, 1.807) is 19.2 Å². The maximum absolute atomic E-state index is 13.8. The summed E-state index contributed by atoms with van der Waals surface area (Å²) in [5.41, 5.74) is 1.15. The second-order valence-corrected chi connectivity index (χ2v) is 5.68. The summed E-state index contributed by atoms with van der Waals surface area (Å²) in [7, 11) is 1.58. The molecule has 2 rings (SSSR count). The molecule has 1 heterocycles. The van der Waals surface area contributed by atoms with E-state index < -0.39 is 0 Å². The number of benzene rings is 1. The number of aromatic nitrogens is 2. The van der Waals surface area contributed by atoms with Gasteiger partial charge in [0.15, 0.2) is 0 Å². The van der Waals surface area contributed by atoms with Crippen molar-refractivity contribution in [3.8, 4) is 0 Å². The highest BCUT2D eigenvalue weighted by Gasteiger charge is 2.11. The standard InChI is InChI=1S/C13H11BrClFN2OS/c1-19-6-10-12(14)13(20)18-11(17-10)5-7-8(15)3-2-4-9(7)16/h2-4H,5-6H2,1H3,(H,17,18,20). The van der Waals surface area contributed by atoms with E-state index in [4.69, 9.17) is 28.6 Å². The molecule has 0 radical (unpaired) electrons. The van der Waals surface area contributed by atoms with Crippen LogP contribution in [0.1, 0.15) is 17.1 Å². The summed E-state index contributed by atoms with van der Waals surface area (Å²) < 4.78 is 19.9. The van der Waals surface area contributed by atoms with E-state index in [9.17, 15) is 4.39 Å². The third-order valence-corrected chi connectivity index (χ3v) is 4.45. The van der Waals surface area contributed by atoms with Gasteiger partial charge in [0.05, 0.1) is 16.8 Å². The van der Waals surface area contributed by atoms with Crippen molar-refractivity contribution in [1.82, 2.24) is 9.97 Å². The fraction of sp³-hybridized carbons (Fsp3) is 0.231. The Morgan fingerprint density at radius 2 is 2.25 bits per heavy atom. The highest BCUT2D eigenvalue weighted by Crippen LogP contribution is 2.23. The molecule has 0 aliphatic rings. The minimum absolute atomic E-state index is 0.235. The molecule has 0 unspecified atom stereocenters. The smallest absolute Gasteiger partial charge is 0.144 e. The molecule has 0 aliphatic heterocycles.